The molecule has 0 saturated heterocycles. The molecule has 0 spiro atoms. The summed E-state index contributed by atoms with van der Waals surface area (Å²) in [6, 6.07) is 13.7. The molecule has 4 rings (SSSR count). The Kier molecular flexibility index (Phi) is 4.24. The van der Waals surface area contributed by atoms with E-state index in [1.807, 2.05) is 12.1 Å². The maximum atomic E-state index is 14.1. The first-order chi connectivity index (χ1) is 12.9. The van der Waals surface area contributed by atoms with Gasteiger partial charge in [0.1, 0.15) is 4.90 Å². The molecule has 0 aliphatic carbocycles. The van der Waals surface area contributed by atoms with E-state index < -0.39 is 16.0 Å². The number of hydrogen-bond acceptors (Lipinski definition) is 4. The molecule has 0 bridgehead atoms. The molecule has 0 amide bonds. The van der Waals surface area contributed by atoms with Crippen molar-refractivity contribution in [2.24, 2.45) is 0 Å². The van der Waals surface area contributed by atoms with E-state index in [1.54, 1.807) is 37.3 Å². The molecule has 0 atom stereocenters. The number of aryl methyl sites for hydroxylation is 1. The predicted octanol–water partition coefficient (Wildman–Crippen LogP) is 3.71. The minimum atomic E-state index is -3.76. The average molecular weight is 381 g/mol. The largest absolute Gasteiger partial charge is 0.269 e. The Morgan fingerprint density at radius 3 is 2.70 bits per heavy atom. The maximum Gasteiger partial charge on any atom is 0.269 e. The molecule has 0 aliphatic rings. The second-order valence-electron chi connectivity index (χ2n) is 6.28. The average Bonchev–Trinajstić information content (AvgIpc) is 3.09. The molecule has 0 unspecified atom stereocenters. The molecule has 1 aromatic carbocycles. The van der Waals surface area contributed by atoms with Gasteiger partial charge in [0.2, 0.25) is 5.95 Å². The quantitative estimate of drug-likeness (QED) is 0.506. The van der Waals surface area contributed by atoms with Crippen LogP contribution in [0.4, 0.5) is 4.39 Å². The highest BCUT2D eigenvalue weighted by Gasteiger charge is 2.19. The van der Waals surface area contributed by atoms with Gasteiger partial charge >= 0.3 is 0 Å². The summed E-state index contributed by atoms with van der Waals surface area (Å²) in [5.41, 5.74) is 2.42. The van der Waals surface area contributed by atoms with Crippen molar-refractivity contribution in [1.29, 1.82) is 0 Å². The van der Waals surface area contributed by atoms with Crippen LogP contribution in [0.15, 0.2) is 72.0 Å². The minimum absolute atomic E-state index is 0.113. The third-order valence-electron chi connectivity index (χ3n) is 4.37. The van der Waals surface area contributed by atoms with Gasteiger partial charge in [-0.25, -0.2) is 17.4 Å². The Bertz CT molecular complexity index is 1230. The monoisotopic (exact) mass is 381 g/mol. The predicted molar refractivity (Wildman–Crippen MR) is 100 cm³/mol. The van der Waals surface area contributed by atoms with E-state index in [2.05, 4.69) is 9.97 Å². The molecule has 3 heterocycles. The van der Waals surface area contributed by atoms with Crippen molar-refractivity contribution < 1.29 is 12.8 Å². The Hall–Kier alpha value is -3.06. The zero-order chi connectivity index (χ0) is 19.0. The molecular weight excluding hydrogens is 365 g/mol. The lowest BCUT2D eigenvalue weighted by atomic mass is 10.0. The van der Waals surface area contributed by atoms with Gasteiger partial charge in [-0.3, -0.25) is 4.98 Å². The van der Waals surface area contributed by atoms with E-state index in [4.69, 9.17) is 0 Å². The lowest BCUT2D eigenvalue weighted by Gasteiger charge is -2.09. The topological polar surface area (TPSA) is 64.8 Å². The number of hydrogen-bond donors (Lipinski definition) is 0. The summed E-state index contributed by atoms with van der Waals surface area (Å²) < 4.78 is 41.1. The first kappa shape index (κ1) is 17.4. The molecule has 0 radical (unpaired) electrons. The Balaban J connectivity index is 1.78. The van der Waals surface area contributed by atoms with Crippen LogP contribution in [0.5, 0.6) is 0 Å². The van der Waals surface area contributed by atoms with E-state index in [1.165, 1.54) is 28.6 Å². The van der Waals surface area contributed by atoms with Gasteiger partial charge in [-0.1, -0.05) is 18.2 Å². The van der Waals surface area contributed by atoms with Crippen molar-refractivity contribution in [3.63, 3.8) is 0 Å². The summed E-state index contributed by atoms with van der Waals surface area (Å²) >= 11 is 0. The molecule has 0 saturated carbocycles. The Morgan fingerprint density at radius 2 is 1.96 bits per heavy atom. The van der Waals surface area contributed by atoms with Gasteiger partial charge in [-0.2, -0.15) is 4.39 Å². The van der Waals surface area contributed by atoms with Gasteiger partial charge in [0.05, 0.1) is 5.52 Å². The van der Waals surface area contributed by atoms with E-state index in [9.17, 15) is 12.8 Å². The van der Waals surface area contributed by atoms with Gasteiger partial charge in [0, 0.05) is 41.7 Å². The van der Waals surface area contributed by atoms with Crippen molar-refractivity contribution in [3.8, 4) is 0 Å². The summed E-state index contributed by atoms with van der Waals surface area (Å²) in [6.07, 6.45) is 4.69. The van der Waals surface area contributed by atoms with Gasteiger partial charge in [0.25, 0.3) is 10.0 Å². The highest BCUT2D eigenvalue weighted by Crippen LogP contribution is 2.24. The van der Waals surface area contributed by atoms with E-state index in [0.717, 1.165) is 10.9 Å². The van der Waals surface area contributed by atoms with Crippen molar-refractivity contribution >= 4 is 20.9 Å². The lowest BCUT2D eigenvalue weighted by Crippen LogP contribution is -2.12. The number of rotatable bonds is 4. The van der Waals surface area contributed by atoms with E-state index in [-0.39, 0.29) is 4.90 Å². The summed E-state index contributed by atoms with van der Waals surface area (Å²) in [7, 11) is -3.76. The molecule has 27 heavy (non-hydrogen) atoms. The van der Waals surface area contributed by atoms with Crippen LogP contribution in [-0.4, -0.2) is 22.4 Å². The molecule has 136 valence electrons. The van der Waals surface area contributed by atoms with Crippen LogP contribution in [0.25, 0.3) is 10.9 Å². The molecule has 4 aromatic rings. The van der Waals surface area contributed by atoms with Gasteiger partial charge in [-0.15, -0.1) is 0 Å². The van der Waals surface area contributed by atoms with Crippen LogP contribution >= 0.6 is 0 Å². The summed E-state index contributed by atoms with van der Waals surface area (Å²) in [4.78, 5) is 7.85. The number of nitrogens with zero attached hydrogens (tertiary/aromatic N) is 3. The zero-order valence-electron chi connectivity index (χ0n) is 14.5. The third-order valence-corrected chi connectivity index (χ3v) is 6.05. The number of benzene rings is 1. The standard InChI is InChI=1S/C20H16FN3O2S/c1-14-4-6-17(20(21)23-14)11-15-5-7-16-8-10-24(19(16)12-15)27(25,26)18-3-2-9-22-13-18/h2-10,12-13H,11H2,1H3. The fraction of sp³-hybridized carbons (Fsp3) is 0.100. The minimum Gasteiger partial charge on any atom is -0.263 e. The molecular formula is C20H16FN3O2S. The van der Waals surface area contributed by atoms with Crippen molar-refractivity contribution in [2.75, 3.05) is 0 Å². The molecule has 3 aromatic heterocycles. The third kappa shape index (κ3) is 3.21. The van der Waals surface area contributed by atoms with E-state index in [0.29, 0.717) is 23.2 Å². The smallest absolute Gasteiger partial charge is 0.263 e. The number of fused-ring (bicyclic) bond motifs is 1. The first-order valence-electron chi connectivity index (χ1n) is 8.33. The van der Waals surface area contributed by atoms with Crippen molar-refractivity contribution in [2.45, 2.75) is 18.2 Å². The number of pyridine rings is 2. The summed E-state index contributed by atoms with van der Waals surface area (Å²) in [5, 5.41) is 0.786. The maximum absolute atomic E-state index is 14.1. The van der Waals surface area contributed by atoms with Crippen LogP contribution in [0.1, 0.15) is 16.8 Å². The van der Waals surface area contributed by atoms with Gasteiger partial charge < -0.3 is 0 Å². The van der Waals surface area contributed by atoms with Crippen LogP contribution < -0.4 is 0 Å². The molecule has 5 nitrogen and oxygen atoms in total. The SMILES string of the molecule is Cc1ccc(Cc2ccc3ccn(S(=O)(=O)c4cccnc4)c3c2)c(F)n1. The summed E-state index contributed by atoms with van der Waals surface area (Å²) in [6.45, 7) is 1.73. The molecule has 0 aliphatic heterocycles. The Labute approximate surface area is 156 Å². The number of halogens is 1. The van der Waals surface area contributed by atoms with Crippen LogP contribution in [0.3, 0.4) is 0 Å². The van der Waals surface area contributed by atoms with Gasteiger partial charge in [-0.05, 0) is 42.8 Å². The van der Waals surface area contributed by atoms with Crippen molar-refractivity contribution in [1.82, 2.24) is 13.9 Å². The second kappa shape index (κ2) is 6.59. The van der Waals surface area contributed by atoms with Crippen LogP contribution in [0.2, 0.25) is 0 Å². The van der Waals surface area contributed by atoms with Crippen molar-refractivity contribution in [3.05, 3.63) is 89.9 Å². The fourth-order valence-electron chi connectivity index (χ4n) is 2.99. The van der Waals surface area contributed by atoms with Gasteiger partial charge in [0.15, 0.2) is 0 Å². The first-order valence-corrected chi connectivity index (χ1v) is 9.77. The highest BCUT2D eigenvalue weighted by atomic mass is 32.2. The lowest BCUT2D eigenvalue weighted by molar-refractivity contribution is 0.566. The second-order valence-corrected chi connectivity index (χ2v) is 8.09. The molecule has 7 heteroatoms. The van der Waals surface area contributed by atoms with E-state index >= 15 is 0 Å². The highest BCUT2D eigenvalue weighted by molar-refractivity contribution is 7.90. The number of aromatic nitrogens is 3. The Morgan fingerprint density at radius 1 is 1.11 bits per heavy atom. The summed E-state index contributed by atoms with van der Waals surface area (Å²) in [5.74, 6) is -0.506. The van der Waals surface area contributed by atoms with Crippen LogP contribution in [0, 0.1) is 12.9 Å². The normalized spacial score (nSPS) is 11.8. The van der Waals surface area contributed by atoms with Crippen LogP contribution in [-0.2, 0) is 16.4 Å². The zero-order valence-corrected chi connectivity index (χ0v) is 15.3. The molecule has 0 fully saturated rings. The fourth-order valence-corrected chi connectivity index (χ4v) is 4.30. The molecule has 0 N–H and O–H groups in total.